The topological polar surface area (TPSA) is 42.2 Å². The van der Waals surface area contributed by atoms with E-state index in [-0.39, 0.29) is 0 Å². The van der Waals surface area contributed by atoms with E-state index in [1.54, 1.807) is 11.3 Å². The van der Waals surface area contributed by atoms with E-state index < -0.39 is 0 Å². The molecule has 0 bridgehead atoms. The summed E-state index contributed by atoms with van der Waals surface area (Å²) in [5.74, 6) is 0. The van der Waals surface area contributed by atoms with E-state index in [1.165, 1.54) is 54.5 Å². The molecule has 2 N–H and O–H groups in total. The van der Waals surface area contributed by atoms with Crippen LogP contribution in [-0.2, 0) is 13.0 Å². The SMILES string of the molecule is CCCc1nc(N2CCCCCC2)sc1CN. The summed E-state index contributed by atoms with van der Waals surface area (Å²) in [6.45, 7) is 5.18. The third-order valence-corrected chi connectivity index (χ3v) is 4.50. The first-order valence-electron chi connectivity index (χ1n) is 6.78. The molecule has 2 heterocycles. The van der Waals surface area contributed by atoms with E-state index in [0.29, 0.717) is 6.54 Å². The summed E-state index contributed by atoms with van der Waals surface area (Å²) in [5.41, 5.74) is 7.04. The summed E-state index contributed by atoms with van der Waals surface area (Å²) in [6.07, 6.45) is 7.56. The zero-order chi connectivity index (χ0) is 12.1. The number of anilines is 1. The molecule has 4 heteroatoms. The number of rotatable bonds is 4. The van der Waals surface area contributed by atoms with Crippen molar-refractivity contribution in [3.63, 3.8) is 0 Å². The van der Waals surface area contributed by atoms with Crippen LogP contribution in [0, 0.1) is 0 Å². The second kappa shape index (κ2) is 6.36. The van der Waals surface area contributed by atoms with Crippen LogP contribution in [0.5, 0.6) is 0 Å². The van der Waals surface area contributed by atoms with Crippen molar-refractivity contribution >= 4 is 16.5 Å². The Balaban J connectivity index is 2.13. The lowest BCUT2D eigenvalue weighted by Gasteiger charge is -2.18. The second-order valence-corrected chi connectivity index (χ2v) is 5.78. The van der Waals surface area contributed by atoms with E-state index in [1.807, 2.05) is 0 Å². The molecule has 0 atom stereocenters. The Morgan fingerprint density at radius 2 is 1.94 bits per heavy atom. The van der Waals surface area contributed by atoms with Crippen LogP contribution >= 0.6 is 11.3 Å². The molecule has 96 valence electrons. The quantitative estimate of drug-likeness (QED) is 0.897. The summed E-state index contributed by atoms with van der Waals surface area (Å²) in [5, 5.41) is 1.20. The molecule has 0 unspecified atom stereocenters. The largest absolute Gasteiger partial charge is 0.348 e. The molecule has 0 aromatic carbocycles. The summed E-state index contributed by atoms with van der Waals surface area (Å²) < 4.78 is 0. The number of aryl methyl sites for hydroxylation is 1. The molecule has 0 amide bonds. The number of nitrogens with two attached hydrogens (primary N) is 1. The van der Waals surface area contributed by atoms with Crippen LogP contribution in [0.2, 0.25) is 0 Å². The van der Waals surface area contributed by atoms with E-state index in [4.69, 9.17) is 10.7 Å². The molecule has 17 heavy (non-hydrogen) atoms. The van der Waals surface area contributed by atoms with Crippen molar-refractivity contribution in [1.82, 2.24) is 4.98 Å². The van der Waals surface area contributed by atoms with E-state index in [9.17, 15) is 0 Å². The molecule has 0 aliphatic carbocycles. The van der Waals surface area contributed by atoms with Gasteiger partial charge in [0.2, 0.25) is 0 Å². The molecular formula is C13H23N3S. The molecule has 1 fully saturated rings. The minimum Gasteiger partial charge on any atom is -0.348 e. The van der Waals surface area contributed by atoms with Gasteiger partial charge in [0.15, 0.2) is 5.13 Å². The molecule has 3 nitrogen and oxygen atoms in total. The number of thiazole rings is 1. The molecule has 0 radical (unpaired) electrons. The molecule has 1 aromatic heterocycles. The highest BCUT2D eigenvalue weighted by molar-refractivity contribution is 7.15. The van der Waals surface area contributed by atoms with Gasteiger partial charge < -0.3 is 10.6 Å². The van der Waals surface area contributed by atoms with Crippen molar-refractivity contribution < 1.29 is 0 Å². The smallest absolute Gasteiger partial charge is 0.185 e. The maximum atomic E-state index is 5.81. The lowest BCUT2D eigenvalue weighted by atomic mass is 10.2. The highest BCUT2D eigenvalue weighted by Crippen LogP contribution is 2.28. The molecule has 1 saturated heterocycles. The zero-order valence-corrected chi connectivity index (χ0v) is 11.6. The predicted octanol–water partition coefficient (Wildman–Crippen LogP) is 2.93. The van der Waals surface area contributed by atoms with Crippen molar-refractivity contribution in [2.75, 3.05) is 18.0 Å². The Morgan fingerprint density at radius 1 is 1.24 bits per heavy atom. The van der Waals surface area contributed by atoms with Gasteiger partial charge in [-0.2, -0.15) is 0 Å². The Kier molecular flexibility index (Phi) is 4.80. The second-order valence-electron chi connectivity index (χ2n) is 4.72. The number of hydrogen-bond acceptors (Lipinski definition) is 4. The maximum Gasteiger partial charge on any atom is 0.185 e. The van der Waals surface area contributed by atoms with Crippen LogP contribution in [-0.4, -0.2) is 18.1 Å². The Labute approximate surface area is 108 Å². The van der Waals surface area contributed by atoms with E-state index >= 15 is 0 Å². The fraction of sp³-hybridized carbons (Fsp3) is 0.769. The van der Waals surface area contributed by atoms with E-state index in [0.717, 1.165) is 12.8 Å². The van der Waals surface area contributed by atoms with Gasteiger partial charge in [-0.1, -0.05) is 26.2 Å². The van der Waals surface area contributed by atoms with Crippen LogP contribution in [0.3, 0.4) is 0 Å². The minimum atomic E-state index is 0.640. The Hall–Kier alpha value is -0.610. The van der Waals surface area contributed by atoms with Gasteiger partial charge in [0.05, 0.1) is 5.69 Å². The van der Waals surface area contributed by atoms with Crippen LogP contribution in [0.4, 0.5) is 5.13 Å². The van der Waals surface area contributed by atoms with Gasteiger partial charge in [-0.3, -0.25) is 0 Å². The van der Waals surface area contributed by atoms with Gasteiger partial charge in [0.25, 0.3) is 0 Å². The number of hydrogen-bond donors (Lipinski definition) is 1. The normalized spacial score (nSPS) is 17.2. The van der Waals surface area contributed by atoms with Crippen LogP contribution < -0.4 is 10.6 Å². The Morgan fingerprint density at radius 3 is 2.53 bits per heavy atom. The maximum absolute atomic E-state index is 5.81. The van der Waals surface area contributed by atoms with Crippen LogP contribution in [0.15, 0.2) is 0 Å². The van der Waals surface area contributed by atoms with Crippen LogP contribution in [0.1, 0.15) is 49.6 Å². The van der Waals surface area contributed by atoms with Gasteiger partial charge in [0.1, 0.15) is 0 Å². The fourth-order valence-electron chi connectivity index (χ4n) is 2.36. The predicted molar refractivity (Wildman–Crippen MR) is 74.7 cm³/mol. The average molecular weight is 253 g/mol. The third kappa shape index (κ3) is 3.19. The molecule has 1 aliphatic rings. The fourth-order valence-corrected chi connectivity index (χ4v) is 3.40. The van der Waals surface area contributed by atoms with Gasteiger partial charge in [-0.25, -0.2) is 4.98 Å². The molecular weight excluding hydrogens is 230 g/mol. The van der Waals surface area contributed by atoms with Gasteiger partial charge in [-0.05, 0) is 19.3 Å². The molecule has 1 aromatic rings. The Bertz CT molecular complexity index is 340. The summed E-state index contributed by atoms with van der Waals surface area (Å²) in [6, 6.07) is 0. The van der Waals surface area contributed by atoms with Gasteiger partial charge in [-0.15, -0.1) is 11.3 Å². The standard InChI is InChI=1S/C13H23N3S/c1-2-7-11-12(10-14)17-13(15-11)16-8-5-3-4-6-9-16/h2-10,14H2,1H3. The van der Waals surface area contributed by atoms with Crippen molar-refractivity contribution in [3.05, 3.63) is 10.6 Å². The van der Waals surface area contributed by atoms with Crippen LogP contribution in [0.25, 0.3) is 0 Å². The summed E-state index contributed by atoms with van der Waals surface area (Å²) in [7, 11) is 0. The number of nitrogens with zero attached hydrogens (tertiary/aromatic N) is 2. The molecule has 1 aliphatic heterocycles. The van der Waals surface area contributed by atoms with Gasteiger partial charge in [0, 0.05) is 24.5 Å². The van der Waals surface area contributed by atoms with Crippen molar-refractivity contribution in [3.8, 4) is 0 Å². The minimum absolute atomic E-state index is 0.640. The molecule has 0 saturated carbocycles. The monoisotopic (exact) mass is 253 g/mol. The third-order valence-electron chi connectivity index (χ3n) is 3.32. The lowest BCUT2D eigenvalue weighted by molar-refractivity contribution is 0.726. The lowest BCUT2D eigenvalue weighted by Crippen LogP contribution is -2.23. The van der Waals surface area contributed by atoms with E-state index in [2.05, 4.69) is 11.8 Å². The highest BCUT2D eigenvalue weighted by atomic mass is 32.1. The van der Waals surface area contributed by atoms with Crippen molar-refractivity contribution in [1.29, 1.82) is 0 Å². The first-order valence-corrected chi connectivity index (χ1v) is 7.60. The highest BCUT2D eigenvalue weighted by Gasteiger charge is 2.16. The number of aromatic nitrogens is 1. The average Bonchev–Trinajstić information content (AvgIpc) is 2.58. The summed E-state index contributed by atoms with van der Waals surface area (Å²) in [4.78, 5) is 8.54. The van der Waals surface area contributed by atoms with Crippen molar-refractivity contribution in [2.24, 2.45) is 5.73 Å². The summed E-state index contributed by atoms with van der Waals surface area (Å²) >= 11 is 1.81. The zero-order valence-electron chi connectivity index (χ0n) is 10.7. The van der Waals surface area contributed by atoms with Gasteiger partial charge >= 0.3 is 0 Å². The van der Waals surface area contributed by atoms with Crippen molar-refractivity contribution in [2.45, 2.75) is 52.0 Å². The molecule has 2 rings (SSSR count). The molecule has 0 spiro atoms. The first-order chi connectivity index (χ1) is 8.35. The first kappa shape index (κ1) is 12.8.